The monoisotopic (exact) mass is 972 g/mol. The van der Waals surface area contributed by atoms with Crippen molar-refractivity contribution in [2.45, 2.75) is 83.0 Å². The minimum absolute atomic E-state index is 0.0160. The highest BCUT2D eigenvalue weighted by molar-refractivity contribution is 5.99. The number of fused-ring (bicyclic) bond motifs is 4. The van der Waals surface area contributed by atoms with Gasteiger partial charge in [0.25, 0.3) is 11.1 Å². The summed E-state index contributed by atoms with van der Waals surface area (Å²) in [5.41, 5.74) is 15.8. The second-order valence-electron chi connectivity index (χ2n) is 18.1. The van der Waals surface area contributed by atoms with Crippen molar-refractivity contribution in [3.05, 3.63) is 147 Å². The van der Waals surface area contributed by atoms with Crippen LogP contribution in [-0.2, 0) is 0 Å². The number of methoxy groups -OCH3 is 1. The Morgan fingerprint density at radius 2 is 1.26 bits per heavy atom. The summed E-state index contributed by atoms with van der Waals surface area (Å²) in [6.45, 7) is 3.87. The summed E-state index contributed by atoms with van der Waals surface area (Å²) in [4.78, 5) is 54.1. The van der Waals surface area contributed by atoms with E-state index in [1.807, 2.05) is 38.1 Å². The maximum atomic E-state index is 14.7. The molecule has 20 heteroatoms. The summed E-state index contributed by atoms with van der Waals surface area (Å²) < 4.78 is 55.2. The summed E-state index contributed by atoms with van der Waals surface area (Å²) in [6, 6.07) is 21.5. The molecule has 72 heavy (non-hydrogen) atoms. The minimum atomic E-state index is -0.589. The first-order valence-electron chi connectivity index (χ1n) is 23.7. The predicted molar refractivity (Wildman–Crippen MR) is 267 cm³/mol. The van der Waals surface area contributed by atoms with Gasteiger partial charge < -0.3 is 16.2 Å². The Balaban J connectivity index is 0.000000156. The van der Waals surface area contributed by atoms with E-state index in [1.54, 1.807) is 48.8 Å². The quantitative estimate of drug-likeness (QED) is 0.131. The molecule has 2 aliphatic rings. The minimum Gasteiger partial charge on any atom is -0.494 e. The van der Waals surface area contributed by atoms with E-state index in [4.69, 9.17) is 36.4 Å². The third-order valence-electron chi connectivity index (χ3n) is 13.6. The van der Waals surface area contributed by atoms with Gasteiger partial charge in [0.2, 0.25) is 0 Å². The molecule has 364 valence electrons. The molecule has 4 aromatic carbocycles. The Hall–Kier alpha value is -8.55. The van der Waals surface area contributed by atoms with Crippen molar-refractivity contribution in [3.63, 3.8) is 0 Å². The van der Waals surface area contributed by atoms with Crippen molar-refractivity contribution in [1.82, 2.24) is 58.6 Å². The summed E-state index contributed by atoms with van der Waals surface area (Å²) in [6.07, 6.45) is 8.75. The van der Waals surface area contributed by atoms with Crippen LogP contribution in [0.25, 0.3) is 66.4 Å². The van der Waals surface area contributed by atoms with Crippen molar-refractivity contribution in [1.29, 1.82) is 0 Å². The number of hydrogen-bond donors (Lipinski definition) is 2. The number of nitrogens with two attached hydrogens (primary N) is 2. The molecule has 0 aliphatic heterocycles. The number of rotatable bonds is 10. The van der Waals surface area contributed by atoms with Gasteiger partial charge in [0.1, 0.15) is 76.4 Å². The Bertz CT molecular complexity index is 3880. The molecule has 4 N–H and O–H groups in total. The van der Waals surface area contributed by atoms with Crippen LogP contribution in [0, 0.1) is 17.5 Å². The molecule has 10 aromatic rings. The third kappa shape index (κ3) is 7.82. The molecule has 2 atom stereocenters. The molecule has 0 saturated heterocycles. The summed E-state index contributed by atoms with van der Waals surface area (Å²) in [5, 5.41) is 11.2. The fourth-order valence-corrected chi connectivity index (χ4v) is 10.0. The van der Waals surface area contributed by atoms with E-state index >= 15 is 0 Å². The second kappa shape index (κ2) is 18.3. The highest BCUT2D eigenvalue weighted by Crippen LogP contribution is 2.40. The highest BCUT2D eigenvalue weighted by atomic mass is 19.1. The van der Waals surface area contributed by atoms with Crippen LogP contribution in [0.2, 0.25) is 0 Å². The number of ether oxygens (including phenoxy) is 1. The van der Waals surface area contributed by atoms with Crippen molar-refractivity contribution < 1.29 is 17.9 Å². The summed E-state index contributed by atoms with van der Waals surface area (Å²) in [5.74, 6) is 0.139. The van der Waals surface area contributed by atoms with Gasteiger partial charge in [-0.1, -0.05) is 50.1 Å². The zero-order chi connectivity index (χ0) is 49.9. The number of nitrogens with zero attached hydrogens (tertiary/aromatic N) is 12. The molecule has 6 aromatic heterocycles. The first-order valence-corrected chi connectivity index (χ1v) is 23.7. The van der Waals surface area contributed by atoms with Gasteiger partial charge in [-0.15, -0.1) is 0 Å². The van der Waals surface area contributed by atoms with Gasteiger partial charge in [-0.2, -0.15) is 10.2 Å². The topological polar surface area (TPSA) is 218 Å². The van der Waals surface area contributed by atoms with Crippen LogP contribution in [0.3, 0.4) is 0 Å². The number of nitrogen functional groups attached to an aromatic ring is 2. The van der Waals surface area contributed by atoms with E-state index in [9.17, 15) is 22.8 Å². The highest BCUT2D eigenvalue weighted by Gasteiger charge is 2.34. The van der Waals surface area contributed by atoms with E-state index in [-0.39, 0.29) is 45.9 Å². The molecule has 2 unspecified atom stereocenters. The van der Waals surface area contributed by atoms with E-state index < -0.39 is 35.1 Å². The molecule has 0 bridgehead atoms. The summed E-state index contributed by atoms with van der Waals surface area (Å²) >= 11 is 0. The third-order valence-corrected chi connectivity index (χ3v) is 13.6. The van der Waals surface area contributed by atoms with E-state index in [1.165, 1.54) is 50.1 Å². The van der Waals surface area contributed by atoms with Crippen molar-refractivity contribution in [3.8, 4) is 28.3 Å². The Morgan fingerprint density at radius 3 is 1.93 bits per heavy atom. The maximum Gasteiger partial charge on any atom is 0.264 e. The number of hydrogen-bond acceptors (Lipinski definition) is 13. The summed E-state index contributed by atoms with van der Waals surface area (Å²) in [7, 11) is 1.41. The van der Waals surface area contributed by atoms with Crippen LogP contribution in [0.1, 0.15) is 94.6 Å². The zero-order valence-electron chi connectivity index (χ0n) is 39.4. The van der Waals surface area contributed by atoms with Crippen molar-refractivity contribution in [2.75, 3.05) is 18.6 Å². The molecule has 0 spiro atoms. The molecule has 2 aliphatic carbocycles. The molecule has 0 radical (unpaired) electrons. The lowest BCUT2D eigenvalue weighted by Crippen LogP contribution is -2.31. The fourth-order valence-electron chi connectivity index (χ4n) is 10.0. The predicted octanol–water partition coefficient (Wildman–Crippen LogP) is 9.06. The van der Waals surface area contributed by atoms with E-state index in [0.29, 0.717) is 73.6 Å². The Labute approximate surface area is 408 Å². The SMILES string of the molecule is CC(c1nc2cccc(F)c2c(=O)n1C1CCCC1)n1nc(-c2cccc(F)c2)c2c(N)ncnc21.CCC(c1nc2ccccc2c(=O)n1C1CC1)n1nc(-c2ccc(OC)c(F)c2)c2c(N)ncnc21. The Kier molecular flexibility index (Phi) is 11.7. The first-order chi connectivity index (χ1) is 34.9. The average molecular weight is 973 g/mol. The smallest absolute Gasteiger partial charge is 0.264 e. The van der Waals surface area contributed by atoms with Gasteiger partial charge in [0.15, 0.2) is 22.9 Å². The van der Waals surface area contributed by atoms with E-state index in [2.05, 4.69) is 19.9 Å². The van der Waals surface area contributed by atoms with Crippen LogP contribution in [0.4, 0.5) is 24.8 Å². The molecule has 17 nitrogen and oxygen atoms in total. The van der Waals surface area contributed by atoms with E-state index in [0.717, 1.165) is 38.5 Å². The first kappa shape index (κ1) is 45.9. The zero-order valence-corrected chi connectivity index (χ0v) is 39.4. The maximum absolute atomic E-state index is 14.7. The lowest BCUT2D eigenvalue weighted by molar-refractivity contribution is 0.386. The van der Waals surface area contributed by atoms with Gasteiger partial charge in [0.05, 0.1) is 34.3 Å². The molecule has 6 heterocycles. The molecular formula is C52H47F3N14O3. The number of para-hydroxylation sites is 1. The van der Waals surface area contributed by atoms with Gasteiger partial charge in [-0.25, -0.2) is 52.4 Å². The second-order valence-corrected chi connectivity index (χ2v) is 18.1. The van der Waals surface area contributed by atoms with Gasteiger partial charge >= 0.3 is 0 Å². The number of anilines is 2. The van der Waals surface area contributed by atoms with Crippen LogP contribution < -0.4 is 27.3 Å². The standard InChI is InChI=1S/C26H23F2N7O.C26H24FN7O2/c1-14(24-32-19-11-5-10-18(28)20(19)26(36)34(24)17-8-2-3-9-17)35-25-21(23(29)30-13-31-25)22(33-35)15-6-4-7-16(27)12-15;1-3-19(24-31-18-7-5-4-6-16(18)26(35)33(24)15-9-10-15)34-25-21(23(28)29-13-30-25)22(32-34)14-8-11-20(36-2)17(27)12-14/h4-7,10-14,17H,2-3,8-9H2,1H3,(H2,29,30,31);4-8,11-13,15,19H,3,9-10H2,1-2H3,(H2,28,29,30). The lowest BCUT2D eigenvalue weighted by atomic mass is 10.1. The molecule has 0 amide bonds. The molecule has 2 fully saturated rings. The van der Waals surface area contributed by atoms with Gasteiger partial charge in [-0.05, 0) is 93.6 Å². The van der Waals surface area contributed by atoms with Gasteiger partial charge in [0, 0.05) is 23.2 Å². The Morgan fingerprint density at radius 1 is 0.653 bits per heavy atom. The molecule has 2 saturated carbocycles. The van der Waals surface area contributed by atoms with Crippen molar-refractivity contribution >= 4 is 55.5 Å². The van der Waals surface area contributed by atoms with Crippen LogP contribution in [0.15, 0.2) is 107 Å². The van der Waals surface area contributed by atoms with Gasteiger partial charge in [-0.3, -0.25) is 18.7 Å². The molecule has 12 rings (SSSR count). The van der Waals surface area contributed by atoms with Crippen LogP contribution in [0.5, 0.6) is 5.75 Å². The lowest BCUT2D eigenvalue weighted by Gasteiger charge is -2.23. The molecular weight excluding hydrogens is 926 g/mol. The average Bonchev–Trinajstić information content (AvgIpc) is 3.71. The number of halogens is 3. The van der Waals surface area contributed by atoms with Crippen LogP contribution in [-0.4, -0.2) is 65.7 Å². The fraction of sp³-hybridized carbons (Fsp3) is 0.269. The largest absolute Gasteiger partial charge is 0.494 e. The van der Waals surface area contributed by atoms with Crippen molar-refractivity contribution in [2.24, 2.45) is 0 Å². The number of benzene rings is 4. The van der Waals surface area contributed by atoms with Crippen LogP contribution >= 0.6 is 0 Å². The number of aromatic nitrogens is 12. The normalized spacial score (nSPS) is 14.8.